The molecule has 3 rings (SSSR count). The van der Waals surface area contributed by atoms with Gasteiger partial charge in [-0.3, -0.25) is 19.3 Å². The number of amides is 3. The Labute approximate surface area is 156 Å². The SMILES string of the molecule is C#CCNC(=O)CC[C@@H]1CNC(=O)[C@@H]2C[C@H](NC(=O)c3cccs3)CN12. The lowest BCUT2D eigenvalue weighted by molar-refractivity contribution is -0.129. The van der Waals surface area contributed by atoms with E-state index in [1.165, 1.54) is 11.3 Å². The Morgan fingerprint density at radius 2 is 2.31 bits per heavy atom. The molecule has 0 bridgehead atoms. The average molecular weight is 374 g/mol. The molecule has 2 saturated heterocycles. The van der Waals surface area contributed by atoms with Crippen molar-refractivity contribution in [3.05, 3.63) is 22.4 Å². The molecule has 0 aliphatic carbocycles. The van der Waals surface area contributed by atoms with E-state index in [0.717, 1.165) is 0 Å². The van der Waals surface area contributed by atoms with Crippen LogP contribution in [-0.2, 0) is 9.59 Å². The first-order chi connectivity index (χ1) is 12.6. The zero-order valence-electron chi connectivity index (χ0n) is 14.4. The maximum absolute atomic E-state index is 12.3. The molecule has 2 fully saturated rings. The van der Waals surface area contributed by atoms with Crippen LogP contribution in [0.4, 0.5) is 0 Å². The van der Waals surface area contributed by atoms with Crippen molar-refractivity contribution in [1.29, 1.82) is 0 Å². The number of terminal acetylenes is 1. The normalized spacial score (nSPS) is 25.0. The van der Waals surface area contributed by atoms with Crippen molar-refractivity contribution in [2.45, 2.75) is 37.4 Å². The maximum Gasteiger partial charge on any atom is 0.261 e. The molecule has 8 heteroatoms. The van der Waals surface area contributed by atoms with E-state index < -0.39 is 0 Å². The highest BCUT2D eigenvalue weighted by Gasteiger charge is 2.43. The maximum atomic E-state index is 12.3. The van der Waals surface area contributed by atoms with Crippen LogP contribution in [0.3, 0.4) is 0 Å². The third kappa shape index (κ3) is 4.23. The number of nitrogens with zero attached hydrogens (tertiary/aromatic N) is 1. The van der Waals surface area contributed by atoms with Gasteiger partial charge >= 0.3 is 0 Å². The largest absolute Gasteiger partial charge is 0.353 e. The van der Waals surface area contributed by atoms with Crippen molar-refractivity contribution < 1.29 is 14.4 Å². The number of thiophene rings is 1. The van der Waals surface area contributed by atoms with Gasteiger partial charge in [0.25, 0.3) is 5.91 Å². The molecular weight excluding hydrogens is 352 g/mol. The van der Waals surface area contributed by atoms with E-state index in [9.17, 15) is 14.4 Å². The number of piperazine rings is 1. The van der Waals surface area contributed by atoms with Crippen LogP contribution in [-0.4, -0.2) is 60.4 Å². The van der Waals surface area contributed by atoms with E-state index in [1.54, 1.807) is 6.07 Å². The van der Waals surface area contributed by atoms with Gasteiger partial charge in [0.05, 0.1) is 17.5 Å². The van der Waals surface area contributed by atoms with Gasteiger partial charge in [0, 0.05) is 31.6 Å². The van der Waals surface area contributed by atoms with Crippen LogP contribution >= 0.6 is 11.3 Å². The van der Waals surface area contributed by atoms with Crippen molar-refractivity contribution in [2.24, 2.45) is 0 Å². The summed E-state index contributed by atoms with van der Waals surface area (Å²) >= 11 is 1.40. The Balaban J connectivity index is 1.56. The number of hydrogen-bond donors (Lipinski definition) is 3. The molecule has 3 N–H and O–H groups in total. The molecule has 2 aliphatic heterocycles. The molecule has 0 unspecified atom stereocenters. The zero-order valence-corrected chi connectivity index (χ0v) is 15.2. The van der Waals surface area contributed by atoms with Crippen molar-refractivity contribution in [3.8, 4) is 12.3 Å². The molecule has 3 amide bonds. The second-order valence-corrected chi connectivity index (χ2v) is 7.46. The van der Waals surface area contributed by atoms with Gasteiger partial charge in [0.2, 0.25) is 11.8 Å². The fraction of sp³-hybridized carbons (Fsp3) is 0.500. The lowest BCUT2D eigenvalue weighted by Crippen LogP contribution is -2.58. The van der Waals surface area contributed by atoms with Gasteiger partial charge in [-0.05, 0) is 24.3 Å². The summed E-state index contributed by atoms with van der Waals surface area (Å²) in [6.45, 7) is 1.36. The molecule has 7 nitrogen and oxygen atoms in total. The van der Waals surface area contributed by atoms with E-state index in [1.807, 2.05) is 11.4 Å². The lowest BCUT2D eigenvalue weighted by Gasteiger charge is -2.37. The van der Waals surface area contributed by atoms with Crippen LogP contribution in [0.5, 0.6) is 0 Å². The fourth-order valence-electron chi connectivity index (χ4n) is 3.55. The quantitative estimate of drug-likeness (QED) is 0.609. The summed E-state index contributed by atoms with van der Waals surface area (Å²) in [5.41, 5.74) is 0. The topological polar surface area (TPSA) is 90.5 Å². The second-order valence-electron chi connectivity index (χ2n) is 6.51. The first-order valence-electron chi connectivity index (χ1n) is 8.66. The molecule has 1 aromatic heterocycles. The molecule has 3 heterocycles. The number of rotatable bonds is 6. The summed E-state index contributed by atoms with van der Waals surface area (Å²) in [4.78, 5) is 39.0. The first-order valence-corrected chi connectivity index (χ1v) is 9.54. The minimum Gasteiger partial charge on any atom is -0.353 e. The third-order valence-electron chi connectivity index (χ3n) is 4.80. The number of nitrogens with one attached hydrogen (secondary N) is 3. The fourth-order valence-corrected chi connectivity index (χ4v) is 4.18. The van der Waals surface area contributed by atoms with Gasteiger partial charge in [-0.1, -0.05) is 12.0 Å². The summed E-state index contributed by atoms with van der Waals surface area (Å²) in [7, 11) is 0. The summed E-state index contributed by atoms with van der Waals surface area (Å²) in [6.07, 6.45) is 6.72. The lowest BCUT2D eigenvalue weighted by atomic mass is 10.0. The number of carbonyl (C=O) groups is 3. The molecule has 0 saturated carbocycles. The van der Waals surface area contributed by atoms with Crippen LogP contribution in [0.1, 0.15) is 28.9 Å². The van der Waals surface area contributed by atoms with Crippen LogP contribution < -0.4 is 16.0 Å². The monoisotopic (exact) mass is 374 g/mol. The third-order valence-corrected chi connectivity index (χ3v) is 5.66. The van der Waals surface area contributed by atoms with Crippen molar-refractivity contribution in [1.82, 2.24) is 20.9 Å². The van der Waals surface area contributed by atoms with E-state index in [-0.39, 0.29) is 42.4 Å². The second kappa shape index (κ2) is 8.34. The molecule has 3 atom stereocenters. The first kappa shape index (κ1) is 18.4. The van der Waals surface area contributed by atoms with Crippen LogP contribution in [0, 0.1) is 12.3 Å². The predicted octanol–water partition coefficient (Wildman–Crippen LogP) is -0.0512. The molecule has 0 aromatic carbocycles. The van der Waals surface area contributed by atoms with Crippen LogP contribution in [0.25, 0.3) is 0 Å². The summed E-state index contributed by atoms with van der Waals surface area (Å²) in [5, 5.41) is 10.5. The number of fused-ring (bicyclic) bond motifs is 1. The summed E-state index contributed by atoms with van der Waals surface area (Å²) in [5.74, 6) is 2.18. The van der Waals surface area contributed by atoms with E-state index in [2.05, 4.69) is 26.8 Å². The highest BCUT2D eigenvalue weighted by atomic mass is 32.1. The van der Waals surface area contributed by atoms with Crippen molar-refractivity contribution >= 4 is 29.1 Å². The number of carbonyl (C=O) groups excluding carboxylic acids is 3. The standard InChI is InChI=1S/C18H22N4O3S/c1-2-7-19-16(23)6-5-13-10-20-17(24)14-9-12(11-22(13)14)21-18(25)15-4-3-8-26-15/h1,3-4,8,12-14H,5-7,9-11H2,(H,19,23)(H,20,24)(H,21,25)/t12-,13+,14-/m0/s1. The molecule has 26 heavy (non-hydrogen) atoms. The minimum atomic E-state index is -0.254. The van der Waals surface area contributed by atoms with Crippen molar-refractivity contribution in [2.75, 3.05) is 19.6 Å². The van der Waals surface area contributed by atoms with E-state index >= 15 is 0 Å². The number of hydrogen-bond acceptors (Lipinski definition) is 5. The molecule has 2 aliphatic rings. The summed E-state index contributed by atoms with van der Waals surface area (Å²) in [6, 6.07) is 3.38. The molecule has 138 valence electrons. The minimum absolute atomic E-state index is 0.00842. The summed E-state index contributed by atoms with van der Waals surface area (Å²) < 4.78 is 0. The van der Waals surface area contributed by atoms with Gasteiger partial charge in [-0.2, -0.15) is 0 Å². The van der Waals surface area contributed by atoms with Gasteiger partial charge in [0.1, 0.15) is 0 Å². The average Bonchev–Trinajstić information content (AvgIpc) is 3.29. The highest BCUT2D eigenvalue weighted by Crippen LogP contribution is 2.26. The van der Waals surface area contributed by atoms with Crippen LogP contribution in [0.15, 0.2) is 17.5 Å². The molecule has 1 aromatic rings. The van der Waals surface area contributed by atoms with Gasteiger partial charge in [0.15, 0.2) is 0 Å². The van der Waals surface area contributed by atoms with E-state index in [4.69, 9.17) is 6.42 Å². The van der Waals surface area contributed by atoms with Crippen molar-refractivity contribution in [3.63, 3.8) is 0 Å². The Kier molecular flexibility index (Phi) is 5.91. The van der Waals surface area contributed by atoms with Gasteiger partial charge < -0.3 is 16.0 Å². The Morgan fingerprint density at radius 1 is 1.46 bits per heavy atom. The predicted molar refractivity (Wildman–Crippen MR) is 98.6 cm³/mol. The van der Waals surface area contributed by atoms with E-state index in [0.29, 0.717) is 37.2 Å². The Morgan fingerprint density at radius 3 is 3.04 bits per heavy atom. The Bertz CT molecular complexity index is 713. The highest BCUT2D eigenvalue weighted by molar-refractivity contribution is 7.12. The zero-order chi connectivity index (χ0) is 18.5. The molecular formula is C18H22N4O3S. The molecule has 0 spiro atoms. The van der Waals surface area contributed by atoms with Crippen LogP contribution in [0.2, 0.25) is 0 Å². The van der Waals surface area contributed by atoms with Gasteiger partial charge in [-0.25, -0.2) is 0 Å². The molecule has 0 radical (unpaired) electrons. The Hall–Kier alpha value is -2.37. The smallest absolute Gasteiger partial charge is 0.261 e. The van der Waals surface area contributed by atoms with Gasteiger partial charge in [-0.15, -0.1) is 17.8 Å².